The Kier molecular flexibility index (Phi) is 3.72. The van der Waals surface area contributed by atoms with Crippen molar-refractivity contribution in [1.29, 1.82) is 0 Å². The van der Waals surface area contributed by atoms with Gasteiger partial charge in [0.05, 0.1) is 5.60 Å². The number of hydrogen-bond acceptors (Lipinski definition) is 2. The van der Waals surface area contributed by atoms with Gasteiger partial charge in [-0.1, -0.05) is 19.3 Å². The second-order valence-corrected chi connectivity index (χ2v) is 6.45. The highest BCUT2D eigenvalue weighted by atomic mass is 16.5. The standard InChI is InChI=1S/C15H27NO/c1-2-7-15(8-3-1)11-13(6-10-17-15)14-5-4-9-16-12-14/h13-14,16H,1-12H2. The average molecular weight is 237 g/mol. The van der Waals surface area contributed by atoms with Crippen molar-refractivity contribution in [3.05, 3.63) is 0 Å². The lowest BCUT2D eigenvalue weighted by atomic mass is 9.71. The van der Waals surface area contributed by atoms with Gasteiger partial charge in [-0.2, -0.15) is 0 Å². The quantitative estimate of drug-likeness (QED) is 0.756. The molecule has 0 aromatic carbocycles. The van der Waals surface area contributed by atoms with Crippen molar-refractivity contribution in [2.45, 2.75) is 63.4 Å². The lowest BCUT2D eigenvalue weighted by molar-refractivity contribution is -0.126. The van der Waals surface area contributed by atoms with E-state index in [0.29, 0.717) is 5.60 Å². The summed E-state index contributed by atoms with van der Waals surface area (Å²) >= 11 is 0. The van der Waals surface area contributed by atoms with Crippen LogP contribution in [0.15, 0.2) is 0 Å². The molecule has 3 rings (SSSR count). The fraction of sp³-hybridized carbons (Fsp3) is 1.00. The molecule has 2 heteroatoms. The predicted octanol–water partition coefficient (Wildman–Crippen LogP) is 3.12. The maximum absolute atomic E-state index is 6.21. The van der Waals surface area contributed by atoms with Crippen LogP contribution in [0, 0.1) is 11.8 Å². The van der Waals surface area contributed by atoms with Crippen LogP contribution in [0.2, 0.25) is 0 Å². The van der Waals surface area contributed by atoms with Crippen molar-refractivity contribution in [3.8, 4) is 0 Å². The molecule has 3 fully saturated rings. The van der Waals surface area contributed by atoms with Gasteiger partial charge in [0.25, 0.3) is 0 Å². The first kappa shape index (κ1) is 12.0. The summed E-state index contributed by atoms with van der Waals surface area (Å²) in [6, 6.07) is 0. The van der Waals surface area contributed by atoms with Crippen molar-refractivity contribution in [2.24, 2.45) is 11.8 Å². The molecule has 0 radical (unpaired) electrons. The molecule has 2 unspecified atom stereocenters. The largest absolute Gasteiger partial charge is 0.375 e. The van der Waals surface area contributed by atoms with Crippen molar-refractivity contribution in [1.82, 2.24) is 5.32 Å². The molecule has 0 bridgehead atoms. The SMILES string of the molecule is C1CCC2(CC1)CC(C1CCCNC1)CCO2. The molecule has 3 aliphatic rings. The zero-order valence-corrected chi connectivity index (χ0v) is 11.0. The van der Waals surface area contributed by atoms with E-state index in [4.69, 9.17) is 4.74 Å². The van der Waals surface area contributed by atoms with Crippen LogP contribution in [0.3, 0.4) is 0 Å². The first-order valence-electron chi connectivity index (χ1n) is 7.73. The Morgan fingerprint density at radius 3 is 2.59 bits per heavy atom. The summed E-state index contributed by atoms with van der Waals surface area (Å²) in [4.78, 5) is 0. The van der Waals surface area contributed by atoms with Gasteiger partial charge < -0.3 is 10.1 Å². The average Bonchev–Trinajstić information content (AvgIpc) is 2.41. The van der Waals surface area contributed by atoms with Crippen LogP contribution in [0.5, 0.6) is 0 Å². The van der Waals surface area contributed by atoms with Crippen LogP contribution < -0.4 is 5.32 Å². The molecule has 98 valence electrons. The second kappa shape index (κ2) is 5.27. The Hall–Kier alpha value is -0.0800. The molecule has 1 spiro atoms. The van der Waals surface area contributed by atoms with Crippen LogP contribution in [-0.4, -0.2) is 25.3 Å². The Morgan fingerprint density at radius 2 is 1.82 bits per heavy atom. The molecule has 17 heavy (non-hydrogen) atoms. The number of rotatable bonds is 1. The van der Waals surface area contributed by atoms with E-state index < -0.39 is 0 Å². The molecular formula is C15H27NO. The fourth-order valence-corrected chi connectivity index (χ4v) is 4.29. The van der Waals surface area contributed by atoms with Crippen molar-refractivity contribution >= 4 is 0 Å². The third-order valence-corrected chi connectivity index (χ3v) is 5.30. The fourth-order valence-electron chi connectivity index (χ4n) is 4.29. The van der Waals surface area contributed by atoms with Gasteiger partial charge in [-0.05, 0) is 63.5 Å². The molecule has 0 aromatic rings. The van der Waals surface area contributed by atoms with Gasteiger partial charge in [0.15, 0.2) is 0 Å². The zero-order chi connectivity index (χ0) is 11.6. The molecule has 1 aliphatic carbocycles. The van der Waals surface area contributed by atoms with E-state index >= 15 is 0 Å². The second-order valence-electron chi connectivity index (χ2n) is 6.45. The van der Waals surface area contributed by atoms with Gasteiger partial charge in [0, 0.05) is 6.61 Å². The molecule has 0 amide bonds. The van der Waals surface area contributed by atoms with E-state index in [1.165, 1.54) is 70.9 Å². The molecule has 2 saturated heterocycles. The highest BCUT2D eigenvalue weighted by Gasteiger charge is 2.40. The van der Waals surface area contributed by atoms with E-state index in [1.54, 1.807) is 0 Å². The highest BCUT2D eigenvalue weighted by Crippen LogP contribution is 2.43. The van der Waals surface area contributed by atoms with Gasteiger partial charge in [-0.25, -0.2) is 0 Å². The number of ether oxygens (including phenoxy) is 1. The normalized spacial score (nSPS) is 38.1. The lowest BCUT2D eigenvalue weighted by Gasteiger charge is -2.46. The molecule has 0 aromatic heterocycles. The lowest BCUT2D eigenvalue weighted by Crippen LogP contribution is -2.45. The van der Waals surface area contributed by atoms with Gasteiger partial charge in [-0.15, -0.1) is 0 Å². The summed E-state index contributed by atoms with van der Waals surface area (Å²) in [5, 5.41) is 3.58. The maximum Gasteiger partial charge on any atom is 0.0685 e. The van der Waals surface area contributed by atoms with Gasteiger partial charge >= 0.3 is 0 Å². The highest BCUT2D eigenvalue weighted by molar-refractivity contribution is 4.92. The minimum Gasteiger partial charge on any atom is -0.375 e. The Bertz CT molecular complexity index is 236. The van der Waals surface area contributed by atoms with Crippen LogP contribution >= 0.6 is 0 Å². The topological polar surface area (TPSA) is 21.3 Å². The smallest absolute Gasteiger partial charge is 0.0685 e. The summed E-state index contributed by atoms with van der Waals surface area (Å²) in [7, 11) is 0. The Labute approximate surface area is 105 Å². The third-order valence-electron chi connectivity index (χ3n) is 5.30. The molecule has 2 aliphatic heterocycles. The van der Waals surface area contributed by atoms with Crippen molar-refractivity contribution in [3.63, 3.8) is 0 Å². The van der Waals surface area contributed by atoms with Crippen LogP contribution in [-0.2, 0) is 4.74 Å². The van der Waals surface area contributed by atoms with E-state index in [0.717, 1.165) is 18.4 Å². The summed E-state index contributed by atoms with van der Waals surface area (Å²) in [5.41, 5.74) is 0.304. The molecule has 1 N–H and O–H groups in total. The zero-order valence-electron chi connectivity index (χ0n) is 11.0. The molecule has 2 heterocycles. The van der Waals surface area contributed by atoms with Crippen LogP contribution in [0.4, 0.5) is 0 Å². The summed E-state index contributed by atoms with van der Waals surface area (Å²) in [6.07, 6.45) is 12.4. The number of hydrogen-bond donors (Lipinski definition) is 1. The monoisotopic (exact) mass is 237 g/mol. The molecule has 1 saturated carbocycles. The molecular weight excluding hydrogens is 210 g/mol. The van der Waals surface area contributed by atoms with E-state index in [-0.39, 0.29) is 0 Å². The molecule has 2 atom stereocenters. The Balaban J connectivity index is 1.61. The van der Waals surface area contributed by atoms with E-state index in [1.807, 2.05) is 0 Å². The van der Waals surface area contributed by atoms with Gasteiger partial charge in [-0.3, -0.25) is 0 Å². The predicted molar refractivity (Wildman–Crippen MR) is 70.1 cm³/mol. The maximum atomic E-state index is 6.21. The van der Waals surface area contributed by atoms with Crippen LogP contribution in [0.1, 0.15) is 57.8 Å². The molecule has 2 nitrogen and oxygen atoms in total. The van der Waals surface area contributed by atoms with Crippen molar-refractivity contribution in [2.75, 3.05) is 19.7 Å². The van der Waals surface area contributed by atoms with E-state index in [9.17, 15) is 0 Å². The first-order chi connectivity index (χ1) is 8.38. The van der Waals surface area contributed by atoms with E-state index in [2.05, 4.69) is 5.32 Å². The van der Waals surface area contributed by atoms with Crippen molar-refractivity contribution < 1.29 is 4.74 Å². The summed E-state index contributed by atoms with van der Waals surface area (Å²) in [5.74, 6) is 1.88. The van der Waals surface area contributed by atoms with Crippen LogP contribution in [0.25, 0.3) is 0 Å². The number of nitrogens with one attached hydrogen (secondary N) is 1. The minimum absolute atomic E-state index is 0.304. The number of piperidine rings is 1. The Morgan fingerprint density at radius 1 is 0.941 bits per heavy atom. The summed E-state index contributed by atoms with van der Waals surface area (Å²) < 4.78 is 6.21. The third kappa shape index (κ3) is 2.68. The summed E-state index contributed by atoms with van der Waals surface area (Å²) in [6.45, 7) is 3.53. The minimum atomic E-state index is 0.304. The first-order valence-corrected chi connectivity index (χ1v) is 7.73. The van der Waals surface area contributed by atoms with Gasteiger partial charge in [0.1, 0.15) is 0 Å². The van der Waals surface area contributed by atoms with Gasteiger partial charge in [0.2, 0.25) is 0 Å².